The topological polar surface area (TPSA) is 68.3 Å². The maximum absolute atomic E-state index is 12.5. The summed E-state index contributed by atoms with van der Waals surface area (Å²) in [7, 11) is 0. The fraction of sp³-hybridized carbons (Fsp3) is 0.409. The highest BCUT2D eigenvalue weighted by Gasteiger charge is 2.20. The number of para-hydroxylation sites is 1. The largest absolute Gasteiger partial charge is 0.452 e. The molecule has 2 aromatic rings. The summed E-state index contributed by atoms with van der Waals surface area (Å²) in [4.78, 5) is 28.9. The maximum atomic E-state index is 12.5. The Balaban J connectivity index is 2.15. The molecule has 1 aromatic carbocycles. The van der Waals surface area contributed by atoms with Crippen LogP contribution < -0.4 is 5.32 Å². The molecule has 1 heterocycles. The molecule has 0 spiro atoms. The maximum Gasteiger partial charge on any atom is 0.342 e. The van der Waals surface area contributed by atoms with Crippen LogP contribution in [0.1, 0.15) is 72.3 Å². The van der Waals surface area contributed by atoms with Crippen LogP contribution in [0.3, 0.4) is 0 Å². The predicted molar refractivity (Wildman–Crippen MR) is 112 cm³/mol. The molecule has 1 N–H and O–H groups in total. The third-order valence-electron chi connectivity index (χ3n) is 4.48. The highest BCUT2D eigenvalue weighted by Crippen LogP contribution is 2.32. The number of aromatic nitrogens is 1. The van der Waals surface area contributed by atoms with Crippen LogP contribution in [0.5, 0.6) is 0 Å². The van der Waals surface area contributed by atoms with E-state index >= 15 is 0 Å². The monoisotopic (exact) mass is 402 g/mol. The van der Waals surface area contributed by atoms with Crippen molar-refractivity contribution in [1.29, 1.82) is 0 Å². The minimum absolute atomic E-state index is 0.0788. The van der Waals surface area contributed by atoms with Gasteiger partial charge in [0.25, 0.3) is 5.91 Å². The van der Waals surface area contributed by atoms with E-state index in [4.69, 9.17) is 16.3 Å². The number of carbonyl (C=O) groups is 2. The van der Waals surface area contributed by atoms with Crippen LogP contribution in [0.2, 0.25) is 5.15 Å². The van der Waals surface area contributed by atoms with Crippen molar-refractivity contribution in [3.05, 3.63) is 57.4 Å². The second kappa shape index (κ2) is 9.20. The predicted octanol–water partition coefficient (Wildman–Crippen LogP) is 5.39. The number of ether oxygens (including phenoxy) is 1. The fourth-order valence-corrected chi connectivity index (χ4v) is 3.47. The molecule has 0 saturated carbocycles. The van der Waals surface area contributed by atoms with E-state index in [1.807, 2.05) is 18.2 Å². The molecule has 0 unspecified atom stereocenters. The Morgan fingerprint density at radius 1 is 1.11 bits per heavy atom. The lowest BCUT2D eigenvalue weighted by atomic mass is 9.92. The van der Waals surface area contributed by atoms with Crippen molar-refractivity contribution in [2.75, 3.05) is 11.9 Å². The molecule has 0 radical (unpaired) electrons. The molecule has 0 aliphatic carbocycles. The first kappa shape index (κ1) is 21.9. The van der Waals surface area contributed by atoms with E-state index in [1.54, 1.807) is 19.9 Å². The molecule has 1 aromatic heterocycles. The lowest BCUT2D eigenvalue weighted by molar-refractivity contribution is -0.119. The van der Waals surface area contributed by atoms with Gasteiger partial charge in [-0.25, -0.2) is 9.78 Å². The fourth-order valence-electron chi connectivity index (χ4n) is 3.11. The van der Waals surface area contributed by atoms with Gasteiger partial charge >= 0.3 is 5.97 Å². The molecule has 150 valence electrons. The van der Waals surface area contributed by atoms with Crippen LogP contribution in [-0.2, 0) is 9.53 Å². The number of aryl methyl sites for hydroxylation is 2. The highest BCUT2D eigenvalue weighted by molar-refractivity contribution is 6.32. The normalized spacial score (nSPS) is 11.0. The summed E-state index contributed by atoms with van der Waals surface area (Å²) in [5.74, 6) is -0.558. The number of nitrogens with one attached hydrogen (secondary N) is 1. The summed E-state index contributed by atoms with van der Waals surface area (Å²) in [6.45, 7) is 11.4. The Labute approximate surface area is 171 Å². The Morgan fingerprint density at radius 3 is 2.18 bits per heavy atom. The summed E-state index contributed by atoms with van der Waals surface area (Å²) in [5.41, 5.74) is 4.45. The Bertz CT molecular complexity index is 842. The number of benzene rings is 1. The molecule has 2 rings (SSSR count). The zero-order chi connectivity index (χ0) is 21.0. The zero-order valence-corrected chi connectivity index (χ0v) is 18.0. The molecule has 0 aliphatic heterocycles. The van der Waals surface area contributed by atoms with Crippen molar-refractivity contribution in [1.82, 2.24) is 4.98 Å². The van der Waals surface area contributed by atoms with E-state index in [0.29, 0.717) is 11.3 Å². The second-order valence-electron chi connectivity index (χ2n) is 7.49. The lowest BCUT2D eigenvalue weighted by Gasteiger charge is -2.20. The summed E-state index contributed by atoms with van der Waals surface area (Å²) >= 11 is 6.07. The number of pyridine rings is 1. The number of hydrogen-bond donors (Lipinski definition) is 1. The number of hydrogen-bond acceptors (Lipinski definition) is 4. The quantitative estimate of drug-likeness (QED) is 0.519. The zero-order valence-electron chi connectivity index (χ0n) is 17.2. The van der Waals surface area contributed by atoms with E-state index in [-0.39, 0.29) is 22.6 Å². The Morgan fingerprint density at radius 2 is 1.68 bits per heavy atom. The van der Waals surface area contributed by atoms with Gasteiger partial charge in [0.05, 0.1) is 5.56 Å². The van der Waals surface area contributed by atoms with E-state index in [2.05, 4.69) is 38.0 Å². The van der Waals surface area contributed by atoms with Gasteiger partial charge in [0.2, 0.25) is 0 Å². The average Bonchev–Trinajstić information content (AvgIpc) is 2.58. The van der Waals surface area contributed by atoms with Gasteiger partial charge in [-0.05, 0) is 48.4 Å². The van der Waals surface area contributed by atoms with Crippen LogP contribution in [0.25, 0.3) is 0 Å². The Kier molecular flexibility index (Phi) is 7.19. The average molecular weight is 403 g/mol. The van der Waals surface area contributed by atoms with Gasteiger partial charge in [0.1, 0.15) is 5.15 Å². The molecule has 6 heteroatoms. The van der Waals surface area contributed by atoms with Gasteiger partial charge in [0.15, 0.2) is 6.61 Å². The van der Waals surface area contributed by atoms with Crippen LogP contribution in [0, 0.1) is 13.8 Å². The van der Waals surface area contributed by atoms with Crippen molar-refractivity contribution in [2.24, 2.45) is 0 Å². The third kappa shape index (κ3) is 5.10. The van der Waals surface area contributed by atoms with Crippen LogP contribution in [0.15, 0.2) is 24.3 Å². The number of nitrogens with zero attached hydrogens (tertiary/aromatic N) is 1. The molecule has 28 heavy (non-hydrogen) atoms. The van der Waals surface area contributed by atoms with Crippen LogP contribution in [0.4, 0.5) is 5.69 Å². The number of anilines is 1. The number of esters is 1. The van der Waals surface area contributed by atoms with Gasteiger partial charge in [-0.2, -0.15) is 0 Å². The number of carbonyl (C=O) groups excluding carboxylic acids is 2. The molecular formula is C22H27ClN2O3. The van der Waals surface area contributed by atoms with Crippen LogP contribution in [-0.4, -0.2) is 23.5 Å². The van der Waals surface area contributed by atoms with Crippen molar-refractivity contribution >= 4 is 29.2 Å². The summed E-state index contributed by atoms with van der Waals surface area (Å²) in [6, 6.07) is 7.74. The van der Waals surface area contributed by atoms with Crippen molar-refractivity contribution in [2.45, 2.75) is 53.4 Å². The molecule has 0 atom stereocenters. The van der Waals surface area contributed by atoms with Crippen molar-refractivity contribution in [3.63, 3.8) is 0 Å². The van der Waals surface area contributed by atoms with Gasteiger partial charge in [-0.1, -0.05) is 57.5 Å². The van der Waals surface area contributed by atoms with E-state index in [1.165, 1.54) is 0 Å². The van der Waals surface area contributed by atoms with Crippen molar-refractivity contribution in [3.8, 4) is 0 Å². The first-order chi connectivity index (χ1) is 13.1. The SMILES string of the molecule is Cc1cc(C)c(C(=O)OCC(=O)Nc2c(C(C)C)cccc2C(C)C)c(Cl)n1. The van der Waals surface area contributed by atoms with E-state index < -0.39 is 18.5 Å². The first-order valence-electron chi connectivity index (χ1n) is 9.35. The number of rotatable bonds is 6. The molecule has 0 bridgehead atoms. The minimum Gasteiger partial charge on any atom is -0.452 e. The van der Waals surface area contributed by atoms with Crippen LogP contribution >= 0.6 is 11.6 Å². The smallest absolute Gasteiger partial charge is 0.342 e. The Hall–Kier alpha value is -2.40. The number of halogens is 1. The van der Waals surface area contributed by atoms with Crippen molar-refractivity contribution < 1.29 is 14.3 Å². The van der Waals surface area contributed by atoms with E-state index in [9.17, 15) is 9.59 Å². The molecule has 0 aliphatic rings. The third-order valence-corrected chi connectivity index (χ3v) is 4.75. The van der Waals surface area contributed by atoms with Gasteiger partial charge in [-0.3, -0.25) is 4.79 Å². The highest BCUT2D eigenvalue weighted by atomic mass is 35.5. The number of amides is 1. The summed E-state index contributed by atoms with van der Waals surface area (Å²) < 4.78 is 5.19. The summed E-state index contributed by atoms with van der Waals surface area (Å²) in [6.07, 6.45) is 0. The summed E-state index contributed by atoms with van der Waals surface area (Å²) in [5, 5.41) is 3.00. The molecule has 1 amide bonds. The minimum atomic E-state index is -0.661. The molecular weight excluding hydrogens is 376 g/mol. The van der Waals surface area contributed by atoms with Gasteiger partial charge in [0, 0.05) is 11.4 Å². The molecule has 5 nitrogen and oxygen atoms in total. The molecule has 0 fully saturated rings. The molecule has 0 saturated heterocycles. The van der Waals surface area contributed by atoms with E-state index in [0.717, 1.165) is 16.8 Å². The first-order valence-corrected chi connectivity index (χ1v) is 9.73. The second-order valence-corrected chi connectivity index (χ2v) is 7.85. The van der Waals surface area contributed by atoms with Gasteiger partial charge < -0.3 is 10.1 Å². The lowest BCUT2D eigenvalue weighted by Crippen LogP contribution is -2.23. The standard InChI is InChI=1S/C22H27ClN2O3/c1-12(2)16-8-7-9-17(13(3)4)20(16)25-18(26)11-28-22(27)19-14(5)10-15(6)24-21(19)23/h7-10,12-13H,11H2,1-6H3,(H,25,26). The van der Waals surface area contributed by atoms with Gasteiger partial charge in [-0.15, -0.1) is 0 Å².